The number of cyclic esters (lactones) is 2. The Bertz CT molecular complexity index is 508. The maximum Gasteiger partial charge on any atom is 0.317 e. The first-order valence-electron chi connectivity index (χ1n) is 9.75. The van der Waals surface area contributed by atoms with Gasteiger partial charge in [-0.15, -0.1) is 0 Å². The molecule has 1 aliphatic heterocycles. The van der Waals surface area contributed by atoms with Gasteiger partial charge < -0.3 is 4.74 Å². The molecule has 0 bridgehead atoms. The van der Waals surface area contributed by atoms with Crippen molar-refractivity contribution in [3.05, 3.63) is 11.6 Å². The topological polar surface area (TPSA) is 43.4 Å². The molecule has 1 aliphatic rings. The van der Waals surface area contributed by atoms with Gasteiger partial charge in [-0.25, -0.2) is 0 Å². The average Bonchev–Trinajstić information content (AvgIpc) is 2.79. The summed E-state index contributed by atoms with van der Waals surface area (Å²) in [4.78, 5) is 23.8. The van der Waals surface area contributed by atoms with Crippen LogP contribution in [0.5, 0.6) is 0 Å². The van der Waals surface area contributed by atoms with Gasteiger partial charge in [0.2, 0.25) is 0 Å². The summed E-state index contributed by atoms with van der Waals surface area (Å²) in [5, 5.41) is 0. The van der Waals surface area contributed by atoms with Gasteiger partial charge in [0, 0.05) is 0 Å². The zero-order chi connectivity index (χ0) is 19.4. The standard InChI is InChI=1S/C22H38O3/c1-9-15(2)10-11-22(7,8)13-16(3)18(14-21(4,5)6)17-12-19(23)25-20(17)24/h10,16-18H,9,11-14H2,1-8H3/b15-10+. The van der Waals surface area contributed by atoms with E-state index in [1.54, 1.807) is 0 Å². The van der Waals surface area contributed by atoms with Crippen molar-refractivity contribution in [3.63, 3.8) is 0 Å². The molecule has 0 aromatic rings. The van der Waals surface area contributed by atoms with E-state index in [-0.39, 0.29) is 41.0 Å². The molecule has 144 valence electrons. The van der Waals surface area contributed by atoms with Gasteiger partial charge >= 0.3 is 11.9 Å². The molecular formula is C22H38O3. The van der Waals surface area contributed by atoms with E-state index in [1.165, 1.54) is 5.57 Å². The van der Waals surface area contributed by atoms with Crippen LogP contribution in [0.2, 0.25) is 0 Å². The van der Waals surface area contributed by atoms with E-state index in [9.17, 15) is 9.59 Å². The van der Waals surface area contributed by atoms with Crippen LogP contribution in [0.4, 0.5) is 0 Å². The number of hydrogen-bond donors (Lipinski definition) is 0. The van der Waals surface area contributed by atoms with Gasteiger partial charge in [0.05, 0.1) is 12.3 Å². The lowest BCUT2D eigenvalue weighted by molar-refractivity contribution is -0.154. The van der Waals surface area contributed by atoms with Crippen LogP contribution < -0.4 is 0 Å². The number of carbonyl (C=O) groups excluding carboxylic acids is 2. The number of hydrogen-bond acceptors (Lipinski definition) is 3. The van der Waals surface area contributed by atoms with Crippen molar-refractivity contribution < 1.29 is 14.3 Å². The van der Waals surface area contributed by atoms with Crippen molar-refractivity contribution in [3.8, 4) is 0 Å². The van der Waals surface area contributed by atoms with Crippen molar-refractivity contribution in [2.75, 3.05) is 0 Å². The molecule has 3 atom stereocenters. The smallest absolute Gasteiger partial charge is 0.317 e. The van der Waals surface area contributed by atoms with E-state index in [0.29, 0.717) is 5.92 Å². The summed E-state index contributed by atoms with van der Waals surface area (Å²) in [6.45, 7) is 17.8. The molecule has 3 heteroatoms. The Morgan fingerprint density at radius 2 is 1.80 bits per heavy atom. The van der Waals surface area contributed by atoms with E-state index in [0.717, 1.165) is 25.7 Å². The molecule has 1 fully saturated rings. The first-order chi connectivity index (χ1) is 11.3. The fourth-order valence-electron chi connectivity index (χ4n) is 3.97. The summed E-state index contributed by atoms with van der Waals surface area (Å²) in [7, 11) is 0. The monoisotopic (exact) mass is 350 g/mol. The number of esters is 2. The number of allylic oxidation sites excluding steroid dienone is 2. The molecule has 1 heterocycles. The maximum absolute atomic E-state index is 12.2. The molecule has 3 nitrogen and oxygen atoms in total. The zero-order valence-electron chi connectivity index (χ0n) is 17.6. The summed E-state index contributed by atoms with van der Waals surface area (Å²) in [6, 6.07) is 0. The number of rotatable bonds is 8. The van der Waals surface area contributed by atoms with Crippen LogP contribution in [-0.4, -0.2) is 11.9 Å². The molecule has 0 aromatic heterocycles. The van der Waals surface area contributed by atoms with Gasteiger partial charge in [-0.3, -0.25) is 9.59 Å². The molecule has 0 amide bonds. The second-order valence-electron chi connectivity index (χ2n) is 9.99. The minimum absolute atomic E-state index is 0.119. The Morgan fingerprint density at radius 3 is 2.24 bits per heavy atom. The number of carbonyl (C=O) groups is 2. The van der Waals surface area contributed by atoms with E-state index >= 15 is 0 Å². The molecular weight excluding hydrogens is 312 g/mol. The van der Waals surface area contributed by atoms with Crippen LogP contribution in [0.15, 0.2) is 11.6 Å². The summed E-state index contributed by atoms with van der Waals surface area (Å²) < 4.78 is 4.86. The lowest BCUT2D eigenvalue weighted by Crippen LogP contribution is -2.32. The second-order valence-corrected chi connectivity index (χ2v) is 9.99. The minimum Gasteiger partial charge on any atom is -0.393 e. The highest BCUT2D eigenvalue weighted by molar-refractivity contribution is 5.94. The van der Waals surface area contributed by atoms with E-state index < -0.39 is 0 Å². The Hall–Kier alpha value is -1.12. The maximum atomic E-state index is 12.2. The van der Waals surface area contributed by atoms with Crippen molar-refractivity contribution >= 4 is 11.9 Å². The third-order valence-corrected chi connectivity index (χ3v) is 5.43. The molecule has 25 heavy (non-hydrogen) atoms. The Kier molecular flexibility index (Phi) is 7.46. The molecule has 0 aromatic carbocycles. The van der Waals surface area contributed by atoms with Crippen LogP contribution in [0.25, 0.3) is 0 Å². The van der Waals surface area contributed by atoms with Crippen LogP contribution >= 0.6 is 0 Å². The van der Waals surface area contributed by atoms with Gasteiger partial charge in [-0.05, 0) is 55.3 Å². The molecule has 0 spiro atoms. The molecule has 0 aliphatic carbocycles. The third kappa shape index (κ3) is 7.33. The summed E-state index contributed by atoms with van der Waals surface area (Å²) in [6.07, 6.45) is 6.71. The first-order valence-corrected chi connectivity index (χ1v) is 9.75. The summed E-state index contributed by atoms with van der Waals surface area (Å²) in [5.41, 5.74) is 1.73. The average molecular weight is 351 g/mol. The highest BCUT2D eigenvalue weighted by Crippen LogP contribution is 2.43. The Morgan fingerprint density at radius 1 is 1.20 bits per heavy atom. The predicted molar refractivity (Wildman–Crippen MR) is 103 cm³/mol. The fraction of sp³-hybridized carbons (Fsp3) is 0.818. The van der Waals surface area contributed by atoms with Gasteiger partial charge in [0.1, 0.15) is 0 Å². The van der Waals surface area contributed by atoms with E-state index in [1.807, 2.05) is 0 Å². The van der Waals surface area contributed by atoms with Crippen LogP contribution in [0.1, 0.15) is 87.5 Å². The summed E-state index contributed by atoms with van der Waals surface area (Å²) >= 11 is 0. The molecule has 1 rings (SSSR count). The lowest BCUT2D eigenvalue weighted by Gasteiger charge is -2.36. The molecule has 0 saturated carbocycles. The minimum atomic E-state index is -0.359. The van der Waals surface area contributed by atoms with Crippen molar-refractivity contribution in [2.24, 2.45) is 28.6 Å². The van der Waals surface area contributed by atoms with Crippen LogP contribution in [-0.2, 0) is 14.3 Å². The Balaban J connectivity index is 2.90. The third-order valence-electron chi connectivity index (χ3n) is 5.43. The lowest BCUT2D eigenvalue weighted by atomic mass is 9.67. The molecule has 0 radical (unpaired) electrons. The van der Waals surface area contributed by atoms with Crippen molar-refractivity contribution in [2.45, 2.75) is 87.5 Å². The molecule has 3 unspecified atom stereocenters. The van der Waals surface area contributed by atoms with Gasteiger partial charge in [0.25, 0.3) is 0 Å². The van der Waals surface area contributed by atoms with Crippen LogP contribution in [0, 0.1) is 28.6 Å². The molecule has 1 saturated heterocycles. The van der Waals surface area contributed by atoms with Crippen molar-refractivity contribution in [1.82, 2.24) is 0 Å². The van der Waals surface area contributed by atoms with Gasteiger partial charge in [0.15, 0.2) is 0 Å². The quantitative estimate of drug-likeness (QED) is 0.310. The Labute approximate surface area is 154 Å². The van der Waals surface area contributed by atoms with Gasteiger partial charge in [-0.1, -0.05) is 60.1 Å². The highest BCUT2D eigenvalue weighted by atomic mass is 16.6. The normalized spacial score (nSPS) is 22.1. The SMILES string of the molecule is CC/C(C)=C/CC(C)(C)CC(C)C(CC(C)(C)C)C1CC(=O)OC1=O. The second kappa shape index (κ2) is 8.51. The fourth-order valence-corrected chi connectivity index (χ4v) is 3.97. The highest BCUT2D eigenvalue weighted by Gasteiger charge is 2.43. The van der Waals surface area contributed by atoms with Gasteiger partial charge in [-0.2, -0.15) is 0 Å². The number of ether oxygens (including phenoxy) is 1. The van der Waals surface area contributed by atoms with E-state index in [2.05, 4.69) is 61.5 Å². The first kappa shape index (κ1) is 21.9. The predicted octanol–water partition coefficient (Wildman–Crippen LogP) is 5.93. The van der Waals surface area contributed by atoms with Crippen molar-refractivity contribution in [1.29, 1.82) is 0 Å². The largest absolute Gasteiger partial charge is 0.393 e. The zero-order valence-corrected chi connectivity index (χ0v) is 17.6. The van der Waals surface area contributed by atoms with Crippen LogP contribution in [0.3, 0.4) is 0 Å². The molecule has 0 N–H and O–H groups in total. The van der Waals surface area contributed by atoms with E-state index in [4.69, 9.17) is 4.74 Å². The summed E-state index contributed by atoms with van der Waals surface area (Å²) in [5.74, 6) is -0.388.